The Morgan fingerprint density at radius 1 is 1.23 bits per heavy atom. The van der Waals surface area contributed by atoms with Crippen molar-refractivity contribution in [2.75, 3.05) is 49.3 Å². The molecule has 2 fully saturated rings. The summed E-state index contributed by atoms with van der Waals surface area (Å²) in [6.07, 6.45) is 1.95. The molecular weight excluding hydrogens is 396 g/mol. The molecule has 2 amide bonds. The van der Waals surface area contributed by atoms with E-state index in [1.807, 2.05) is 43.3 Å². The third-order valence-electron chi connectivity index (χ3n) is 5.58. The summed E-state index contributed by atoms with van der Waals surface area (Å²) in [5, 5.41) is 3.01. The van der Waals surface area contributed by atoms with E-state index in [1.54, 1.807) is 11.1 Å². The Kier molecular flexibility index (Phi) is 6.66. The number of morpholine rings is 1. The normalized spacial score (nSPS) is 18.9. The van der Waals surface area contributed by atoms with Gasteiger partial charge in [0.2, 0.25) is 11.8 Å². The zero-order valence-electron chi connectivity index (χ0n) is 17.8. The summed E-state index contributed by atoms with van der Waals surface area (Å²) in [6, 6.07) is 11.3. The van der Waals surface area contributed by atoms with Gasteiger partial charge in [0.05, 0.1) is 31.4 Å². The van der Waals surface area contributed by atoms with E-state index in [1.165, 1.54) is 0 Å². The van der Waals surface area contributed by atoms with Crippen LogP contribution in [-0.2, 0) is 20.9 Å². The quantitative estimate of drug-likeness (QED) is 0.732. The molecule has 1 atom stereocenters. The maximum absolute atomic E-state index is 12.9. The lowest BCUT2D eigenvalue weighted by Crippen LogP contribution is -2.38. The van der Waals surface area contributed by atoms with E-state index in [0.29, 0.717) is 44.3 Å². The molecule has 2 aliphatic heterocycles. The highest BCUT2D eigenvalue weighted by Crippen LogP contribution is 2.33. The molecule has 0 radical (unpaired) electrons. The van der Waals surface area contributed by atoms with Gasteiger partial charge in [-0.2, -0.15) is 0 Å². The summed E-state index contributed by atoms with van der Waals surface area (Å²) in [5.41, 5.74) is 1.67. The van der Waals surface area contributed by atoms with Gasteiger partial charge in [0.1, 0.15) is 11.6 Å². The summed E-state index contributed by atoms with van der Waals surface area (Å²) < 4.78 is 11.1. The van der Waals surface area contributed by atoms with E-state index in [2.05, 4.69) is 15.2 Å². The average Bonchev–Trinajstić information content (AvgIpc) is 3.20. The Labute approximate surface area is 182 Å². The van der Waals surface area contributed by atoms with Gasteiger partial charge in [-0.1, -0.05) is 18.2 Å². The first kappa shape index (κ1) is 21.1. The largest absolute Gasteiger partial charge is 0.492 e. The van der Waals surface area contributed by atoms with Crippen molar-refractivity contribution in [3.8, 4) is 5.75 Å². The zero-order valence-corrected chi connectivity index (χ0v) is 17.8. The maximum Gasteiger partial charge on any atom is 0.227 e. The van der Waals surface area contributed by atoms with E-state index >= 15 is 0 Å². The standard InChI is InChI=1S/C23H28N4O4/c1-2-31-20-8-4-3-7-19(20)27-16-18(14-21(27)28)23(29)25-15-17-6-5-9-24-22(17)26-10-12-30-13-11-26/h3-9,18H,2,10-16H2,1H3,(H,25,29). The van der Waals surface area contributed by atoms with Crippen molar-refractivity contribution in [3.05, 3.63) is 48.2 Å². The van der Waals surface area contributed by atoms with E-state index in [9.17, 15) is 9.59 Å². The fourth-order valence-electron chi connectivity index (χ4n) is 4.03. The third-order valence-corrected chi connectivity index (χ3v) is 5.58. The van der Waals surface area contributed by atoms with Crippen molar-refractivity contribution in [1.82, 2.24) is 10.3 Å². The highest BCUT2D eigenvalue weighted by molar-refractivity contribution is 6.01. The van der Waals surface area contributed by atoms with Crippen molar-refractivity contribution in [2.45, 2.75) is 19.9 Å². The van der Waals surface area contributed by atoms with Crippen LogP contribution in [0.5, 0.6) is 5.75 Å². The number of rotatable bonds is 7. The van der Waals surface area contributed by atoms with E-state index in [4.69, 9.17) is 9.47 Å². The van der Waals surface area contributed by atoms with Crippen LogP contribution in [0.15, 0.2) is 42.6 Å². The van der Waals surface area contributed by atoms with Gasteiger partial charge >= 0.3 is 0 Å². The van der Waals surface area contributed by atoms with Gasteiger partial charge in [-0.15, -0.1) is 0 Å². The second-order valence-electron chi connectivity index (χ2n) is 7.61. The molecule has 0 saturated carbocycles. The smallest absolute Gasteiger partial charge is 0.227 e. The van der Waals surface area contributed by atoms with Gasteiger partial charge in [-0.3, -0.25) is 9.59 Å². The first-order valence-corrected chi connectivity index (χ1v) is 10.7. The number of carbonyl (C=O) groups excluding carboxylic acids is 2. The first-order chi connectivity index (χ1) is 15.2. The van der Waals surface area contributed by atoms with E-state index in [0.717, 1.165) is 24.5 Å². The molecular formula is C23H28N4O4. The number of para-hydroxylation sites is 2. The van der Waals surface area contributed by atoms with Gasteiger partial charge in [-0.05, 0) is 25.1 Å². The van der Waals surface area contributed by atoms with Gasteiger partial charge in [0.25, 0.3) is 0 Å². The molecule has 31 heavy (non-hydrogen) atoms. The highest BCUT2D eigenvalue weighted by atomic mass is 16.5. The number of carbonyl (C=O) groups is 2. The molecule has 3 heterocycles. The number of pyridine rings is 1. The Morgan fingerprint density at radius 2 is 2.03 bits per heavy atom. The molecule has 4 rings (SSSR count). The van der Waals surface area contributed by atoms with Crippen molar-refractivity contribution < 1.29 is 19.1 Å². The van der Waals surface area contributed by atoms with Gasteiger partial charge < -0.3 is 24.6 Å². The molecule has 0 spiro atoms. The molecule has 164 valence electrons. The molecule has 8 nitrogen and oxygen atoms in total. The van der Waals surface area contributed by atoms with Gasteiger partial charge in [0.15, 0.2) is 0 Å². The lowest BCUT2D eigenvalue weighted by atomic mass is 10.1. The second kappa shape index (κ2) is 9.78. The highest BCUT2D eigenvalue weighted by Gasteiger charge is 2.36. The lowest BCUT2D eigenvalue weighted by molar-refractivity contribution is -0.126. The van der Waals surface area contributed by atoms with E-state index < -0.39 is 5.92 Å². The molecule has 1 aromatic carbocycles. The molecule has 8 heteroatoms. The Hall–Kier alpha value is -3.13. The number of ether oxygens (including phenoxy) is 2. The van der Waals surface area contributed by atoms with Crippen molar-refractivity contribution >= 4 is 23.3 Å². The summed E-state index contributed by atoms with van der Waals surface area (Å²) in [5.74, 6) is 0.945. The number of nitrogens with one attached hydrogen (secondary N) is 1. The predicted molar refractivity (Wildman–Crippen MR) is 117 cm³/mol. The minimum Gasteiger partial charge on any atom is -0.492 e. The number of hydrogen-bond acceptors (Lipinski definition) is 6. The molecule has 1 aromatic heterocycles. The maximum atomic E-state index is 12.9. The number of nitrogens with zero attached hydrogens (tertiary/aromatic N) is 3. The first-order valence-electron chi connectivity index (χ1n) is 10.7. The summed E-state index contributed by atoms with van der Waals surface area (Å²) >= 11 is 0. The molecule has 0 aliphatic carbocycles. The minimum absolute atomic E-state index is 0.0670. The lowest BCUT2D eigenvalue weighted by Gasteiger charge is -2.29. The van der Waals surface area contributed by atoms with Crippen LogP contribution in [-0.4, -0.2) is 56.3 Å². The van der Waals surface area contributed by atoms with Crippen LogP contribution in [0.2, 0.25) is 0 Å². The van der Waals surface area contributed by atoms with Crippen LogP contribution >= 0.6 is 0 Å². The van der Waals surface area contributed by atoms with E-state index in [-0.39, 0.29) is 18.2 Å². The molecule has 1 unspecified atom stereocenters. The summed E-state index contributed by atoms with van der Waals surface area (Å²) in [4.78, 5) is 33.8. The van der Waals surface area contributed by atoms with Crippen LogP contribution < -0.4 is 19.9 Å². The molecule has 2 aromatic rings. The van der Waals surface area contributed by atoms with Gasteiger partial charge in [-0.25, -0.2) is 4.98 Å². The fraction of sp³-hybridized carbons (Fsp3) is 0.435. The molecule has 0 bridgehead atoms. The van der Waals surface area contributed by atoms with Crippen LogP contribution in [0.1, 0.15) is 18.9 Å². The predicted octanol–water partition coefficient (Wildman–Crippen LogP) is 1.99. The third kappa shape index (κ3) is 4.80. The Balaban J connectivity index is 1.40. The van der Waals surface area contributed by atoms with Crippen LogP contribution in [0.25, 0.3) is 0 Å². The number of amides is 2. The zero-order chi connectivity index (χ0) is 21.6. The molecule has 1 N–H and O–H groups in total. The Morgan fingerprint density at radius 3 is 2.84 bits per heavy atom. The fourth-order valence-corrected chi connectivity index (χ4v) is 4.03. The number of hydrogen-bond donors (Lipinski definition) is 1. The molecule has 2 aliphatic rings. The minimum atomic E-state index is -0.398. The number of aromatic nitrogens is 1. The van der Waals surface area contributed by atoms with Gasteiger partial charge in [0, 0.05) is 44.4 Å². The average molecular weight is 425 g/mol. The Bertz CT molecular complexity index is 929. The summed E-state index contributed by atoms with van der Waals surface area (Å²) in [6.45, 7) is 6.05. The summed E-state index contributed by atoms with van der Waals surface area (Å²) in [7, 11) is 0. The van der Waals surface area contributed by atoms with Crippen LogP contribution in [0.3, 0.4) is 0 Å². The van der Waals surface area contributed by atoms with Crippen molar-refractivity contribution in [2.24, 2.45) is 5.92 Å². The number of benzene rings is 1. The topological polar surface area (TPSA) is 84.0 Å². The van der Waals surface area contributed by atoms with Crippen LogP contribution in [0, 0.1) is 5.92 Å². The monoisotopic (exact) mass is 424 g/mol. The van der Waals surface area contributed by atoms with Crippen molar-refractivity contribution in [1.29, 1.82) is 0 Å². The SMILES string of the molecule is CCOc1ccccc1N1CC(C(=O)NCc2cccnc2N2CCOCC2)CC1=O. The molecule has 2 saturated heterocycles. The number of anilines is 2. The van der Waals surface area contributed by atoms with Crippen LogP contribution in [0.4, 0.5) is 11.5 Å². The van der Waals surface area contributed by atoms with Crippen molar-refractivity contribution in [3.63, 3.8) is 0 Å². The second-order valence-corrected chi connectivity index (χ2v) is 7.61.